The average molecular weight is 711 g/mol. The van der Waals surface area contributed by atoms with E-state index in [9.17, 15) is 28.0 Å². The summed E-state index contributed by atoms with van der Waals surface area (Å²) in [6.07, 6.45) is 1.81. The number of hydrogen-bond acceptors (Lipinski definition) is 9. The highest BCUT2D eigenvalue weighted by molar-refractivity contribution is 7.89. The van der Waals surface area contributed by atoms with Crippen molar-refractivity contribution in [3.63, 3.8) is 0 Å². The van der Waals surface area contributed by atoms with Crippen LogP contribution in [-0.4, -0.2) is 88.9 Å². The Morgan fingerprint density at radius 1 is 1.10 bits per heavy atom. The number of carbonyl (C=O) groups is 2. The van der Waals surface area contributed by atoms with E-state index in [1.165, 1.54) is 27.8 Å². The Hall–Kier alpha value is -3.72. The molecule has 1 saturated heterocycles. The normalized spacial score (nSPS) is 17.3. The lowest BCUT2D eigenvalue weighted by atomic mass is 9.85. The topological polar surface area (TPSA) is 153 Å². The van der Waals surface area contributed by atoms with Crippen molar-refractivity contribution < 1.29 is 23.1 Å². The summed E-state index contributed by atoms with van der Waals surface area (Å²) in [4.78, 5) is 46.2. The Balaban J connectivity index is 1.36. The van der Waals surface area contributed by atoms with E-state index in [1.54, 1.807) is 21.9 Å². The molecular formula is C35H46N6O6S2. The van der Waals surface area contributed by atoms with Gasteiger partial charge in [-0.2, -0.15) is 9.21 Å². The number of aliphatic hydroxyl groups is 1. The summed E-state index contributed by atoms with van der Waals surface area (Å²) < 4.78 is 29.3. The molecule has 1 aromatic heterocycles. The van der Waals surface area contributed by atoms with E-state index in [1.807, 2.05) is 56.5 Å². The number of benzene rings is 2. The van der Waals surface area contributed by atoms with Crippen molar-refractivity contribution in [2.45, 2.75) is 82.6 Å². The molecule has 0 spiro atoms. The van der Waals surface area contributed by atoms with Gasteiger partial charge in [0.15, 0.2) is 0 Å². The van der Waals surface area contributed by atoms with E-state index in [-0.39, 0.29) is 48.8 Å². The summed E-state index contributed by atoms with van der Waals surface area (Å²) in [5, 5.41) is 20.6. The minimum atomic E-state index is -4.03. The number of rotatable bonds is 17. The Bertz CT molecular complexity index is 1680. The number of nitrogens with one attached hydrogen (secondary N) is 1. The zero-order valence-electron chi connectivity index (χ0n) is 28.3. The van der Waals surface area contributed by atoms with Crippen LogP contribution in [0.15, 0.2) is 70.0 Å². The molecule has 2 fully saturated rings. The number of carbonyl (C=O) groups excluding carboxylic acids is 2. The first kappa shape index (κ1) is 36.6. The van der Waals surface area contributed by atoms with Gasteiger partial charge in [0.05, 0.1) is 34.3 Å². The monoisotopic (exact) mass is 710 g/mol. The smallest absolute Gasteiger partial charge is 0.321 e. The quantitative estimate of drug-likeness (QED) is 0.195. The third-order valence-corrected chi connectivity index (χ3v) is 12.0. The van der Waals surface area contributed by atoms with Crippen LogP contribution in [0.2, 0.25) is 0 Å². The van der Waals surface area contributed by atoms with Gasteiger partial charge in [0.25, 0.3) is 0 Å². The molecule has 1 saturated carbocycles. The third kappa shape index (κ3) is 9.10. The number of aromatic nitrogens is 1. The van der Waals surface area contributed by atoms with Gasteiger partial charge in [0, 0.05) is 31.6 Å². The first-order valence-electron chi connectivity index (χ1n) is 16.8. The van der Waals surface area contributed by atoms with Crippen molar-refractivity contribution in [2.24, 2.45) is 17.0 Å². The Morgan fingerprint density at radius 3 is 2.41 bits per heavy atom. The van der Waals surface area contributed by atoms with Crippen LogP contribution in [-0.2, 0) is 34.3 Å². The molecule has 2 N–H and O–H groups in total. The number of hydrogen-bond donors (Lipinski definition) is 2. The first-order chi connectivity index (χ1) is 23.5. The van der Waals surface area contributed by atoms with E-state index in [0.29, 0.717) is 25.2 Å². The van der Waals surface area contributed by atoms with Gasteiger partial charge in [0.1, 0.15) is 12.6 Å². The van der Waals surface area contributed by atoms with Gasteiger partial charge in [-0.3, -0.25) is 4.79 Å². The van der Waals surface area contributed by atoms with Crippen LogP contribution in [0, 0.1) is 23.7 Å². The number of aliphatic hydroxyl groups excluding tert-OH is 1. The summed E-state index contributed by atoms with van der Waals surface area (Å²) in [6, 6.07) is 13.6. The van der Waals surface area contributed by atoms with Crippen LogP contribution in [0.3, 0.4) is 0 Å². The minimum absolute atomic E-state index is 0.0575. The third-order valence-electron chi connectivity index (χ3n) is 9.36. The van der Waals surface area contributed by atoms with Gasteiger partial charge < -0.3 is 20.2 Å². The predicted octanol–water partition coefficient (Wildman–Crippen LogP) is 4.56. The number of thiazole rings is 1. The number of sulfonamides is 1. The molecule has 2 aliphatic rings. The maximum atomic E-state index is 14.1. The lowest BCUT2D eigenvalue weighted by Crippen LogP contribution is -2.57. The molecule has 2 aromatic carbocycles. The van der Waals surface area contributed by atoms with Crippen LogP contribution >= 0.6 is 11.3 Å². The number of urea groups is 1. The molecule has 3 amide bonds. The highest BCUT2D eigenvalue weighted by Crippen LogP contribution is 2.30. The van der Waals surface area contributed by atoms with Crippen molar-refractivity contribution in [1.29, 1.82) is 0 Å². The maximum absolute atomic E-state index is 14.1. The number of nitroso groups, excluding NO2 is 1. The Kier molecular flexibility index (Phi) is 12.2. The molecule has 3 aromatic rings. The van der Waals surface area contributed by atoms with Crippen molar-refractivity contribution in [2.75, 3.05) is 26.2 Å². The fourth-order valence-corrected chi connectivity index (χ4v) is 8.60. The molecule has 1 aliphatic carbocycles. The summed E-state index contributed by atoms with van der Waals surface area (Å²) in [6.45, 7) is 6.84. The fourth-order valence-electron chi connectivity index (χ4n) is 6.47. The second-order valence-corrected chi connectivity index (χ2v) is 16.4. The SMILES string of the molecule is Cc1nc(CN2CCN([C@H](C(=O)N[C@@H](Cc3ccccc3)[C@H](O)CN(CC3CCC3)S(=O)(=O)c3ccc(CN=O)cc3)C(C)C)C2=O)cs1. The maximum Gasteiger partial charge on any atom is 0.321 e. The van der Waals surface area contributed by atoms with Crippen LogP contribution in [0.4, 0.5) is 4.79 Å². The molecule has 0 unspecified atom stereocenters. The zero-order chi connectivity index (χ0) is 35.1. The first-order valence-corrected chi connectivity index (χ1v) is 19.1. The second-order valence-electron chi connectivity index (χ2n) is 13.4. The molecule has 0 bridgehead atoms. The molecule has 12 nitrogen and oxygen atoms in total. The number of aryl methyl sites for hydroxylation is 1. The van der Waals surface area contributed by atoms with Crippen molar-refractivity contribution in [3.05, 3.63) is 86.7 Å². The number of nitrogens with zero attached hydrogens (tertiary/aromatic N) is 5. The molecule has 14 heteroatoms. The van der Waals surface area contributed by atoms with Gasteiger partial charge in [-0.05, 0) is 61.3 Å². The molecule has 1 aliphatic heterocycles. The highest BCUT2D eigenvalue weighted by atomic mass is 32.2. The molecule has 5 rings (SSSR count). The molecule has 49 heavy (non-hydrogen) atoms. The highest BCUT2D eigenvalue weighted by Gasteiger charge is 2.41. The zero-order valence-corrected chi connectivity index (χ0v) is 29.9. The van der Waals surface area contributed by atoms with E-state index in [0.717, 1.165) is 35.5 Å². The van der Waals surface area contributed by atoms with Gasteiger partial charge in [-0.25, -0.2) is 18.2 Å². The predicted molar refractivity (Wildman–Crippen MR) is 188 cm³/mol. The summed E-state index contributed by atoms with van der Waals surface area (Å²) in [5.41, 5.74) is 2.27. The Morgan fingerprint density at radius 2 is 1.82 bits per heavy atom. The minimum Gasteiger partial charge on any atom is -0.390 e. The van der Waals surface area contributed by atoms with E-state index >= 15 is 0 Å². The summed E-state index contributed by atoms with van der Waals surface area (Å²) in [7, 11) is -4.03. The van der Waals surface area contributed by atoms with E-state index < -0.39 is 34.1 Å². The Labute approximate surface area is 292 Å². The lowest BCUT2D eigenvalue weighted by molar-refractivity contribution is -0.128. The van der Waals surface area contributed by atoms with Crippen LogP contribution in [0.1, 0.15) is 54.9 Å². The lowest BCUT2D eigenvalue weighted by Gasteiger charge is -2.36. The molecule has 3 atom stereocenters. The fraction of sp³-hybridized carbons (Fsp3) is 0.514. The molecular weight excluding hydrogens is 665 g/mol. The van der Waals surface area contributed by atoms with Crippen molar-refractivity contribution in [1.82, 2.24) is 24.4 Å². The molecule has 2 heterocycles. The molecule has 264 valence electrons. The summed E-state index contributed by atoms with van der Waals surface area (Å²) >= 11 is 1.52. The van der Waals surface area contributed by atoms with E-state index in [2.05, 4.69) is 15.5 Å². The van der Waals surface area contributed by atoms with Crippen molar-refractivity contribution in [3.8, 4) is 0 Å². The van der Waals surface area contributed by atoms with Crippen molar-refractivity contribution >= 4 is 33.3 Å². The largest absolute Gasteiger partial charge is 0.390 e. The van der Waals surface area contributed by atoms with Crippen LogP contribution in [0.5, 0.6) is 0 Å². The van der Waals surface area contributed by atoms with E-state index in [4.69, 9.17) is 0 Å². The summed E-state index contributed by atoms with van der Waals surface area (Å²) in [5.74, 6) is -0.458. The van der Waals surface area contributed by atoms with Gasteiger partial charge in [0.2, 0.25) is 15.9 Å². The number of amides is 3. The second kappa shape index (κ2) is 16.3. The van der Waals surface area contributed by atoms with Gasteiger partial charge in [-0.1, -0.05) is 67.9 Å². The standard InChI is InChI=1S/C35H46N6O6S2/c1-24(2)33(41-17-16-39(35(41)44)21-29-23-48-25(3)37-29)34(43)38-31(18-26-8-5-4-6-9-26)32(42)22-40(20-28-10-7-11-28)49(46,47)30-14-12-27(13-15-30)19-36-45/h4-6,8-9,12-15,23-24,28,31-33,42H,7,10-11,16-22H2,1-3H3,(H,38,43)/t31-,32+,33-/m0/s1. The molecule has 0 radical (unpaired) electrons. The van der Waals surface area contributed by atoms with Gasteiger partial charge in [-0.15, -0.1) is 11.3 Å². The van der Waals surface area contributed by atoms with Crippen LogP contribution in [0.25, 0.3) is 0 Å². The van der Waals surface area contributed by atoms with Crippen LogP contribution < -0.4 is 5.32 Å². The van der Waals surface area contributed by atoms with Gasteiger partial charge >= 0.3 is 6.03 Å². The average Bonchev–Trinajstić information content (AvgIpc) is 3.62.